The van der Waals surface area contributed by atoms with E-state index in [1.807, 2.05) is 0 Å². The van der Waals surface area contributed by atoms with E-state index < -0.39 is 10.8 Å². The Balaban J connectivity index is 2.63. The lowest BCUT2D eigenvalue weighted by Crippen LogP contribution is -2.38. The molecule has 0 radical (unpaired) electrons. The fourth-order valence-electron chi connectivity index (χ4n) is 2.35. The molecule has 108 valence electrons. The van der Waals surface area contributed by atoms with Gasteiger partial charge in [-0.25, -0.2) is 0 Å². The monoisotopic (exact) mass is 281 g/mol. The number of hydrogen-bond donors (Lipinski definition) is 1. The number of hydrogen-bond acceptors (Lipinski definition) is 2. The summed E-state index contributed by atoms with van der Waals surface area (Å²) in [6, 6.07) is 6.78. The number of nitrogens with one attached hydrogen (secondary N) is 1. The third kappa shape index (κ3) is 5.87. The van der Waals surface area contributed by atoms with E-state index in [-0.39, 0.29) is 0 Å². The summed E-state index contributed by atoms with van der Waals surface area (Å²) in [5.74, 6) is 1.92. The van der Waals surface area contributed by atoms with Crippen molar-refractivity contribution < 1.29 is 4.21 Å². The molecule has 1 rings (SSSR count). The second-order valence-corrected chi connectivity index (χ2v) is 7.16. The maximum Gasteiger partial charge on any atom is 0.0486 e. The fraction of sp³-hybridized carbons (Fsp3) is 0.625. The standard InChI is InChI=1S/C16H27NOS/c1-6-17-16(12(2)3)11-19(18)10-15-8-13(4)7-14(5)9-15/h7-9,12,16-17H,6,10-11H2,1-5H3. The molecule has 0 amide bonds. The van der Waals surface area contributed by atoms with Gasteiger partial charge >= 0.3 is 0 Å². The molecule has 1 aromatic rings. The first-order chi connectivity index (χ1) is 8.92. The summed E-state index contributed by atoms with van der Waals surface area (Å²) in [5.41, 5.74) is 3.69. The molecule has 2 atom stereocenters. The highest BCUT2D eigenvalue weighted by atomic mass is 32.2. The van der Waals surface area contributed by atoms with Crippen LogP contribution in [-0.4, -0.2) is 22.5 Å². The molecule has 0 aromatic heterocycles. The summed E-state index contributed by atoms with van der Waals surface area (Å²) in [5, 5.41) is 3.43. The molecule has 0 saturated carbocycles. The molecule has 19 heavy (non-hydrogen) atoms. The summed E-state index contributed by atoms with van der Waals surface area (Å²) in [7, 11) is -0.802. The normalized spacial score (nSPS) is 14.6. The molecule has 0 heterocycles. The minimum atomic E-state index is -0.802. The van der Waals surface area contributed by atoms with E-state index in [9.17, 15) is 4.21 Å². The molecule has 0 spiro atoms. The summed E-state index contributed by atoms with van der Waals surface area (Å²) in [6.07, 6.45) is 0. The van der Waals surface area contributed by atoms with Crippen LogP contribution >= 0.6 is 0 Å². The second kappa shape index (κ2) is 7.81. The lowest BCUT2D eigenvalue weighted by molar-refractivity contribution is 0.440. The van der Waals surface area contributed by atoms with E-state index in [2.05, 4.69) is 58.1 Å². The maximum atomic E-state index is 12.3. The maximum absolute atomic E-state index is 12.3. The van der Waals surface area contributed by atoms with Gasteiger partial charge in [0.1, 0.15) is 0 Å². The molecule has 1 N–H and O–H groups in total. The van der Waals surface area contributed by atoms with Gasteiger partial charge in [-0.3, -0.25) is 4.21 Å². The van der Waals surface area contributed by atoms with Crippen molar-refractivity contribution in [3.63, 3.8) is 0 Å². The van der Waals surface area contributed by atoms with Crippen LogP contribution in [-0.2, 0) is 16.6 Å². The van der Waals surface area contributed by atoms with Crippen LogP contribution in [0.15, 0.2) is 18.2 Å². The van der Waals surface area contributed by atoms with Crippen LogP contribution in [0.25, 0.3) is 0 Å². The molecule has 3 heteroatoms. The summed E-state index contributed by atoms with van der Waals surface area (Å²) < 4.78 is 12.3. The van der Waals surface area contributed by atoms with E-state index in [4.69, 9.17) is 0 Å². The Morgan fingerprint density at radius 3 is 2.21 bits per heavy atom. The molecular weight excluding hydrogens is 254 g/mol. The first-order valence-corrected chi connectivity index (χ1v) is 8.56. The third-order valence-corrected chi connectivity index (χ3v) is 4.63. The van der Waals surface area contributed by atoms with Gasteiger partial charge in [-0.05, 0) is 31.9 Å². The molecule has 0 saturated heterocycles. The van der Waals surface area contributed by atoms with Gasteiger partial charge < -0.3 is 5.32 Å². The quantitative estimate of drug-likeness (QED) is 0.831. The zero-order valence-corrected chi connectivity index (χ0v) is 13.6. The van der Waals surface area contributed by atoms with E-state index in [0.29, 0.717) is 17.7 Å². The first kappa shape index (κ1) is 16.4. The summed E-state index contributed by atoms with van der Waals surface area (Å²) in [6.45, 7) is 11.6. The number of benzene rings is 1. The number of aryl methyl sites for hydroxylation is 2. The second-order valence-electron chi connectivity index (χ2n) is 5.65. The highest BCUT2D eigenvalue weighted by Gasteiger charge is 2.15. The highest BCUT2D eigenvalue weighted by Crippen LogP contribution is 2.12. The Kier molecular flexibility index (Phi) is 6.73. The van der Waals surface area contributed by atoms with Gasteiger partial charge in [0.2, 0.25) is 0 Å². The van der Waals surface area contributed by atoms with Crippen LogP contribution < -0.4 is 5.32 Å². The van der Waals surface area contributed by atoms with E-state index in [0.717, 1.165) is 12.3 Å². The van der Waals surface area contributed by atoms with Gasteiger partial charge in [0.25, 0.3) is 0 Å². The van der Waals surface area contributed by atoms with Crippen molar-refractivity contribution in [2.45, 2.75) is 46.4 Å². The topological polar surface area (TPSA) is 29.1 Å². The van der Waals surface area contributed by atoms with Gasteiger partial charge in [0.15, 0.2) is 0 Å². The molecule has 0 aliphatic rings. The predicted molar refractivity (Wildman–Crippen MR) is 84.9 cm³/mol. The highest BCUT2D eigenvalue weighted by molar-refractivity contribution is 7.84. The Hall–Kier alpha value is -0.670. The van der Waals surface area contributed by atoms with Crippen molar-refractivity contribution in [3.05, 3.63) is 34.9 Å². The summed E-state index contributed by atoms with van der Waals surface area (Å²) >= 11 is 0. The van der Waals surface area contributed by atoms with Crippen LogP contribution in [0.3, 0.4) is 0 Å². The van der Waals surface area contributed by atoms with E-state index in [1.165, 1.54) is 16.7 Å². The zero-order chi connectivity index (χ0) is 14.4. The smallest absolute Gasteiger partial charge is 0.0486 e. The van der Waals surface area contributed by atoms with Crippen LogP contribution in [0, 0.1) is 19.8 Å². The molecule has 2 nitrogen and oxygen atoms in total. The van der Waals surface area contributed by atoms with Gasteiger partial charge in [-0.2, -0.15) is 0 Å². The molecule has 2 unspecified atom stereocenters. The molecule has 1 aromatic carbocycles. The van der Waals surface area contributed by atoms with Crippen molar-refractivity contribution in [1.82, 2.24) is 5.32 Å². The van der Waals surface area contributed by atoms with Gasteiger partial charge in [0, 0.05) is 28.3 Å². The molecule has 0 bridgehead atoms. The van der Waals surface area contributed by atoms with Crippen molar-refractivity contribution in [2.75, 3.05) is 12.3 Å². The Bertz CT molecular complexity index is 409. The number of rotatable bonds is 7. The lowest BCUT2D eigenvalue weighted by Gasteiger charge is -2.21. The van der Waals surface area contributed by atoms with E-state index >= 15 is 0 Å². The van der Waals surface area contributed by atoms with Gasteiger partial charge in [-0.1, -0.05) is 50.1 Å². The van der Waals surface area contributed by atoms with Crippen molar-refractivity contribution in [1.29, 1.82) is 0 Å². The van der Waals surface area contributed by atoms with Crippen LogP contribution in [0.2, 0.25) is 0 Å². The van der Waals surface area contributed by atoms with Gasteiger partial charge in [0.05, 0.1) is 0 Å². The van der Waals surface area contributed by atoms with Crippen molar-refractivity contribution in [3.8, 4) is 0 Å². The van der Waals surface area contributed by atoms with Crippen molar-refractivity contribution in [2.24, 2.45) is 5.92 Å². The largest absolute Gasteiger partial charge is 0.313 e. The molecular formula is C16H27NOS. The molecule has 0 aliphatic carbocycles. The zero-order valence-electron chi connectivity index (χ0n) is 12.8. The Labute approximate surface area is 120 Å². The first-order valence-electron chi connectivity index (χ1n) is 7.08. The Morgan fingerprint density at radius 1 is 1.16 bits per heavy atom. The lowest BCUT2D eigenvalue weighted by atomic mass is 10.1. The predicted octanol–water partition coefficient (Wildman–Crippen LogP) is 3.19. The molecule has 0 fully saturated rings. The van der Waals surface area contributed by atoms with Crippen molar-refractivity contribution >= 4 is 10.8 Å². The summed E-state index contributed by atoms with van der Waals surface area (Å²) in [4.78, 5) is 0. The van der Waals surface area contributed by atoms with Crippen LogP contribution in [0.1, 0.15) is 37.5 Å². The SMILES string of the molecule is CCNC(CS(=O)Cc1cc(C)cc(C)c1)C(C)C. The van der Waals surface area contributed by atoms with Crippen LogP contribution in [0.5, 0.6) is 0 Å². The molecule has 0 aliphatic heterocycles. The van der Waals surface area contributed by atoms with Crippen LogP contribution in [0.4, 0.5) is 0 Å². The fourth-order valence-corrected chi connectivity index (χ4v) is 3.91. The van der Waals surface area contributed by atoms with Gasteiger partial charge in [-0.15, -0.1) is 0 Å². The average molecular weight is 281 g/mol. The third-order valence-electron chi connectivity index (χ3n) is 3.25. The minimum absolute atomic E-state index is 0.344. The Morgan fingerprint density at radius 2 is 1.74 bits per heavy atom. The average Bonchev–Trinajstić information content (AvgIpc) is 2.26. The minimum Gasteiger partial charge on any atom is -0.313 e. The van der Waals surface area contributed by atoms with E-state index in [1.54, 1.807) is 0 Å².